The lowest BCUT2D eigenvalue weighted by molar-refractivity contribution is 0.0825. The van der Waals surface area contributed by atoms with Crippen LogP contribution < -0.4 is 0 Å². The van der Waals surface area contributed by atoms with Gasteiger partial charge in [0, 0.05) is 36.3 Å². The van der Waals surface area contributed by atoms with Gasteiger partial charge in [0.05, 0.1) is 6.54 Å². The van der Waals surface area contributed by atoms with Gasteiger partial charge < -0.3 is 4.52 Å². The minimum atomic E-state index is 0.375. The molecule has 0 amide bonds. The van der Waals surface area contributed by atoms with Crippen LogP contribution in [0.3, 0.4) is 0 Å². The molecule has 2 heterocycles. The summed E-state index contributed by atoms with van der Waals surface area (Å²) in [6.07, 6.45) is 0. The predicted molar refractivity (Wildman–Crippen MR) is 102 cm³/mol. The quantitative estimate of drug-likeness (QED) is 0.699. The van der Waals surface area contributed by atoms with Crippen LogP contribution in [0.4, 0.5) is 0 Å². The highest BCUT2D eigenvalue weighted by atomic mass is 35.5. The van der Waals surface area contributed by atoms with E-state index in [0.717, 1.165) is 25.2 Å². The fraction of sp³-hybridized carbons (Fsp3) is 0.300. The van der Waals surface area contributed by atoms with Crippen molar-refractivity contribution in [2.24, 2.45) is 0 Å². The summed E-state index contributed by atoms with van der Waals surface area (Å²) in [4.78, 5) is 9.31. The topological polar surface area (TPSA) is 45.4 Å². The first-order valence-corrected chi connectivity index (χ1v) is 9.13. The highest BCUT2D eigenvalue weighted by Crippen LogP contribution is 2.25. The summed E-state index contributed by atoms with van der Waals surface area (Å²) in [6, 6.07) is 18.5. The minimum absolute atomic E-state index is 0.375. The first-order valence-electron chi connectivity index (χ1n) is 8.75. The van der Waals surface area contributed by atoms with E-state index < -0.39 is 0 Å². The van der Waals surface area contributed by atoms with E-state index in [0.29, 0.717) is 29.3 Å². The van der Waals surface area contributed by atoms with E-state index in [1.807, 2.05) is 24.3 Å². The molecule has 26 heavy (non-hydrogen) atoms. The molecule has 4 rings (SSSR count). The molecule has 0 unspecified atom stereocenters. The third-order valence-electron chi connectivity index (χ3n) is 4.83. The van der Waals surface area contributed by atoms with E-state index in [1.54, 1.807) is 0 Å². The van der Waals surface area contributed by atoms with Crippen LogP contribution in [0.15, 0.2) is 59.1 Å². The highest BCUT2D eigenvalue weighted by molar-refractivity contribution is 6.30. The van der Waals surface area contributed by atoms with Crippen molar-refractivity contribution >= 4 is 11.6 Å². The zero-order valence-corrected chi connectivity index (χ0v) is 15.4. The van der Waals surface area contributed by atoms with Crippen molar-refractivity contribution < 1.29 is 4.52 Å². The second-order valence-electron chi connectivity index (χ2n) is 6.66. The summed E-state index contributed by atoms with van der Waals surface area (Å²) in [6.45, 7) is 3.59. The van der Waals surface area contributed by atoms with E-state index in [2.05, 4.69) is 57.3 Å². The van der Waals surface area contributed by atoms with E-state index in [9.17, 15) is 0 Å². The zero-order chi connectivity index (χ0) is 17.9. The largest absolute Gasteiger partial charge is 0.338 e. The summed E-state index contributed by atoms with van der Waals surface area (Å²) in [5, 5.41) is 4.77. The molecule has 0 saturated carbocycles. The molecule has 0 spiro atoms. The normalized spacial score (nSPS) is 18.9. The molecule has 0 aliphatic carbocycles. The van der Waals surface area contributed by atoms with Crippen molar-refractivity contribution in [3.8, 4) is 11.4 Å². The first-order chi connectivity index (χ1) is 12.7. The van der Waals surface area contributed by atoms with E-state index in [4.69, 9.17) is 16.1 Å². The molecule has 1 aliphatic rings. The van der Waals surface area contributed by atoms with E-state index in [1.165, 1.54) is 5.56 Å². The third-order valence-corrected chi connectivity index (χ3v) is 5.06. The molecular weight excluding hydrogens is 348 g/mol. The molecule has 0 N–H and O–H groups in total. The van der Waals surface area contributed by atoms with Gasteiger partial charge in [-0.05, 0) is 24.7 Å². The lowest BCUT2D eigenvalue weighted by Gasteiger charge is -2.39. The van der Waals surface area contributed by atoms with Crippen molar-refractivity contribution in [2.75, 3.05) is 26.7 Å². The Balaban J connectivity index is 1.46. The Morgan fingerprint density at radius 2 is 1.96 bits per heavy atom. The van der Waals surface area contributed by atoms with E-state index in [-0.39, 0.29) is 0 Å². The molecule has 0 bridgehead atoms. The second-order valence-corrected chi connectivity index (χ2v) is 7.10. The Bertz CT molecular complexity index is 867. The Hall–Kier alpha value is -2.21. The fourth-order valence-electron chi connectivity index (χ4n) is 3.36. The zero-order valence-electron chi connectivity index (χ0n) is 14.7. The van der Waals surface area contributed by atoms with Gasteiger partial charge in [0.25, 0.3) is 0 Å². The summed E-state index contributed by atoms with van der Waals surface area (Å²) in [7, 11) is 2.18. The second kappa shape index (κ2) is 7.58. The van der Waals surface area contributed by atoms with Crippen molar-refractivity contribution in [3.05, 3.63) is 71.1 Å². The first kappa shape index (κ1) is 17.2. The predicted octanol–water partition coefficient (Wildman–Crippen LogP) is 3.88. The molecule has 6 heteroatoms. The molecule has 0 radical (unpaired) electrons. The lowest BCUT2D eigenvalue weighted by Crippen LogP contribution is -2.46. The minimum Gasteiger partial charge on any atom is -0.338 e. The van der Waals surface area contributed by atoms with Crippen LogP contribution in [0.5, 0.6) is 0 Å². The Morgan fingerprint density at radius 1 is 1.12 bits per heavy atom. The lowest BCUT2D eigenvalue weighted by atomic mass is 10.0. The maximum absolute atomic E-state index is 6.05. The van der Waals surface area contributed by atoms with Gasteiger partial charge in [-0.2, -0.15) is 4.98 Å². The average Bonchev–Trinajstić information content (AvgIpc) is 3.13. The Morgan fingerprint density at radius 3 is 2.77 bits per heavy atom. The molecule has 2 aromatic carbocycles. The molecular formula is C20H21ClN4O. The fourth-order valence-corrected chi connectivity index (χ4v) is 3.55. The maximum Gasteiger partial charge on any atom is 0.241 e. The van der Waals surface area contributed by atoms with Crippen LogP contribution in [0.2, 0.25) is 5.02 Å². The van der Waals surface area contributed by atoms with Gasteiger partial charge in [-0.3, -0.25) is 9.80 Å². The van der Waals surface area contributed by atoms with Gasteiger partial charge in [-0.15, -0.1) is 0 Å². The van der Waals surface area contributed by atoms with Crippen LogP contribution in [0.25, 0.3) is 11.4 Å². The number of rotatable bonds is 4. The standard InChI is InChI=1S/C20H21ClN4O/c1-24-10-11-25(13-18(24)15-6-3-2-4-7-15)14-19-22-20(23-26-19)16-8-5-9-17(21)12-16/h2-9,12,18H,10-11,13-14H2,1H3/t18-/m0/s1. The molecule has 134 valence electrons. The maximum atomic E-state index is 6.05. The summed E-state index contributed by atoms with van der Waals surface area (Å²) < 4.78 is 5.47. The molecule has 3 aromatic rings. The molecule has 1 aromatic heterocycles. The van der Waals surface area contributed by atoms with Crippen molar-refractivity contribution in [1.82, 2.24) is 19.9 Å². The van der Waals surface area contributed by atoms with E-state index >= 15 is 0 Å². The van der Waals surface area contributed by atoms with Gasteiger partial charge >= 0.3 is 0 Å². The number of hydrogen-bond donors (Lipinski definition) is 0. The number of nitrogens with zero attached hydrogens (tertiary/aromatic N) is 4. The van der Waals surface area contributed by atoms with Crippen LogP contribution in [0.1, 0.15) is 17.5 Å². The smallest absolute Gasteiger partial charge is 0.241 e. The number of piperazine rings is 1. The molecule has 5 nitrogen and oxygen atoms in total. The third kappa shape index (κ3) is 3.80. The monoisotopic (exact) mass is 368 g/mol. The summed E-state index contributed by atoms with van der Waals surface area (Å²) >= 11 is 6.05. The number of hydrogen-bond acceptors (Lipinski definition) is 5. The van der Waals surface area contributed by atoms with Crippen molar-refractivity contribution in [1.29, 1.82) is 0 Å². The Kier molecular flexibility index (Phi) is 5.02. The van der Waals surface area contributed by atoms with Crippen LogP contribution in [-0.4, -0.2) is 46.6 Å². The summed E-state index contributed by atoms with van der Waals surface area (Å²) in [5.41, 5.74) is 2.21. The number of aromatic nitrogens is 2. The average molecular weight is 369 g/mol. The molecule has 1 aliphatic heterocycles. The molecule has 1 atom stereocenters. The Labute approximate surface area is 158 Å². The van der Waals surface area contributed by atoms with Crippen LogP contribution in [-0.2, 0) is 6.54 Å². The number of halogens is 1. The SMILES string of the molecule is CN1CCN(Cc2nc(-c3cccc(Cl)c3)no2)C[C@H]1c1ccccc1. The molecule has 1 saturated heterocycles. The van der Waals surface area contributed by atoms with Crippen molar-refractivity contribution in [3.63, 3.8) is 0 Å². The van der Waals surface area contributed by atoms with Gasteiger partial charge in [-0.1, -0.05) is 59.2 Å². The number of benzene rings is 2. The summed E-state index contributed by atoms with van der Waals surface area (Å²) in [5.74, 6) is 1.22. The van der Waals surface area contributed by atoms with Gasteiger partial charge in [0.15, 0.2) is 0 Å². The van der Waals surface area contributed by atoms with Crippen LogP contribution in [0, 0.1) is 0 Å². The van der Waals surface area contributed by atoms with Gasteiger partial charge in [-0.25, -0.2) is 0 Å². The van der Waals surface area contributed by atoms with Crippen molar-refractivity contribution in [2.45, 2.75) is 12.6 Å². The molecule has 1 fully saturated rings. The van der Waals surface area contributed by atoms with Crippen LogP contribution >= 0.6 is 11.6 Å². The van der Waals surface area contributed by atoms with Gasteiger partial charge in [0.1, 0.15) is 0 Å². The highest BCUT2D eigenvalue weighted by Gasteiger charge is 2.26. The number of likely N-dealkylation sites (N-methyl/N-ethyl adjacent to an activating group) is 1. The van der Waals surface area contributed by atoms with Gasteiger partial charge in [0.2, 0.25) is 11.7 Å².